The molecule has 0 unspecified atom stereocenters. The van der Waals surface area contributed by atoms with E-state index in [-0.39, 0.29) is 12.1 Å². The number of hydrogen-bond acceptors (Lipinski definition) is 2. The van der Waals surface area contributed by atoms with Gasteiger partial charge in [0, 0.05) is 12.1 Å². The van der Waals surface area contributed by atoms with E-state index in [9.17, 15) is 26.7 Å². The number of nitrogens with one attached hydrogen (secondary N) is 2. The summed E-state index contributed by atoms with van der Waals surface area (Å²) in [5, 5.41) is 4.06. The predicted molar refractivity (Wildman–Crippen MR) is 57.1 cm³/mol. The highest BCUT2D eigenvalue weighted by Crippen LogP contribution is 2.12. The molecule has 0 aliphatic carbocycles. The van der Waals surface area contributed by atoms with Crippen LogP contribution in [0.3, 0.4) is 0 Å². The van der Waals surface area contributed by atoms with Crippen LogP contribution in [0.15, 0.2) is 18.2 Å². The lowest BCUT2D eigenvalue weighted by Crippen LogP contribution is -2.39. The van der Waals surface area contributed by atoms with Gasteiger partial charge in [0.1, 0.15) is 18.2 Å². The van der Waals surface area contributed by atoms with Gasteiger partial charge >= 0.3 is 6.18 Å². The third-order valence-corrected chi connectivity index (χ3v) is 2.09. The quantitative estimate of drug-likeness (QED) is 0.808. The van der Waals surface area contributed by atoms with Gasteiger partial charge in [0.15, 0.2) is 0 Å². The van der Waals surface area contributed by atoms with E-state index in [4.69, 9.17) is 0 Å². The second-order valence-corrected chi connectivity index (χ2v) is 3.73. The molecule has 0 spiro atoms. The Morgan fingerprint density at radius 1 is 1.21 bits per heavy atom. The Bertz CT molecular complexity index is 447. The summed E-state index contributed by atoms with van der Waals surface area (Å²) in [6.45, 7) is -2.02. The Morgan fingerprint density at radius 2 is 1.89 bits per heavy atom. The fourth-order valence-electron chi connectivity index (χ4n) is 1.25. The molecular weight excluding hydrogens is 271 g/mol. The summed E-state index contributed by atoms with van der Waals surface area (Å²) in [7, 11) is 0. The first kappa shape index (κ1) is 15.4. The largest absolute Gasteiger partial charge is 0.405 e. The number of amides is 1. The van der Waals surface area contributed by atoms with E-state index in [0.717, 1.165) is 18.2 Å². The van der Waals surface area contributed by atoms with Crippen LogP contribution in [0.5, 0.6) is 0 Å². The van der Waals surface area contributed by atoms with Crippen molar-refractivity contribution >= 4 is 5.91 Å². The minimum Gasteiger partial charge on any atom is -0.346 e. The van der Waals surface area contributed by atoms with Crippen LogP contribution in [-0.2, 0) is 11.3 Å². The van der Waals surface area contributed by atoms with Crippen LogP contribution < -0.4 is 10.6 Å². The molecule has 0 heterocycles. The molecule has 0 atom stereocenters. The average Bonchev–Trinajstić information content (AvgIpc) is 2.30. The highest BCUT2D eigenvalue weighted by Gasteiger charge is 2.27. The van der Waals surface area contributed by atoms with Gasteiger partial charge in [-0.3, -0.25) is 4.79 Å². The lowest BCUT2D eigenvalue weighted by molar-refractivity contribution is -0.137. The molecule has 1 amide bonds. The predicted octanol–water partition coefficient (Wildman–Crippen LogP) is 1.73. The molecule has 19 heavy (non-hydrogen) atoms. The van der Waals surface area contributed by atoms with Crippen molar-refractivity contribution in [2.75, 3.05) is 13.1 Å². The van der Waals surface area contributed by atoms with Crippen molar-refractivity contribution in [2.45, 2.75) is 12.7 Å². The Morgan fingerprint density at radius 3 is 2.53 bits per heavy atom. The fraction of sp³-hybridized carbons (Fsp3) is 0.364. The molecule has 0 radical (unpaired) electrons. The van der Waals surface area contributed by atoms with Gasteiger partial charge in [-0.25, -0.2) is 8.78 Å². The average molecular weight is 282 g/mol. The minimum atomic E-state index is -4.48. The van der Waals surface area contributed by atoms with Crippen LogP contribution >= 0.6 is 0 Å². The molecular formula is C11H11F5N2O. The lowest BCUT2D eigenvalue weighted by atomic mass is 10.2. The molecule has 2 N–H and O–H groups in total. The van der Waals surface area contributed by atoms with Crippen LogP contribution in [0.25, 0.3) is 0 Å². The summed E-state index contributed by atoms with van der Waals surface area (Å²) >= 11 is 0. The van der Waals surface area contributed by atoms with Gasteiger partial charge in [0.05, 0.1) is 6.54 Å². The van der Waals surface area contributed by atoms with Crippen molar-refractivity contribution in [1.29, 1.82) is 0 Å². The van der Waals surface area contributed by atoms with E-state index >= 15 is 0 Å². The lowest BCUT2D eigenvalue weighted by Gasteiger charge is -2.09. The van der Waals surface area contributed by atoms with E-state index in [0.29, 0.717) is 0 Å². The van der Waals surface area contributed by atoms with Crippen molar-refractivity contribution in [1.82, 2.24) is 10.6 Å². The van der Waals surface area contributed by atoms with Crippen molar-refractivity contribution in [3.05, 3.63) is 35.4 Å². The van der Waals surface area contributed by atoms with E-state index in [1.165, 1.54) is 0 Å². The molecule has 1 aromatic carbocycles. The van der Waals surface area contributed by atoms with Crippen molar-refractivity contribution in [2.24, 2.45) is 0 Å². The van der Waals surface area contributed by atoms with Crippen LogP contribution in [0, 0.1) is 11.6 Å². The second kappa shape index (κ2) is 6.46. The Balaban J connectivity index is 2.34. The zero-order valence-corrected chi connectivity index (χ0v) is 9.65. The fourth-order valence-corrected chi connectivity index (χ4v) is 1.25. The molecule has 3 nitrogen and oxygen atoms in total. The highest BCUT2D eigenvalue weighted by atomic mass is 19.4. The number of hydrogen-bond donors (Lipinski definition) is 2. The molecule has 0 aromatic heterocycles. The molecule has 0 saturated heterocycles. The topological polar surface area (TPSA) is 41.1 Å². The third kappa shape index (κ3) is 6.14. The number of carbonyl (C=O) groups is 1. The summed E-state index contributed by atoms with van der Waals surface area (Å²) in [5.74, 6) is -2.18. The van der Waals surface area contributed by atoms with Gasteiger partial charge in [-0.05, 0) is 18.2 Å². The van der Waals surface area contributed by atoms with Crippen molar-refractivity contribution < 1.29 is 26.7 Å². The molecule has 8 heteroatoms. The number of carbonyl (C=O) groups excluding carboxylic acids is 1. The molecule has 1 rings (SSSR count). The molecule has 0 aliphatic heterocycles. The van der Waals surface area contributed by atoms with Gasteiger partial charge in [0.2, 0.25) is 5.91 Å². The van der Waals surface area contributed by atoms with E-state index < -0.39 is 36.8 Å². The summed E-state index contributed by atoms with van der Waals surface area (Å²) in [6.07, 6.45) is -4.48. The highest BCUT2D eigenvalue weighted by molar-refractivity contribution is 5.77. The van der Waals surface area contributed by atoms with Gasteiger partial charge in [-0.15, -0.1) is 0 Å². The van der Waals surface area contributed by atoms with Crippen LogP contribution in [0.1, 0.15) is 5.56 Å². The zero-order valence-electron chi connectivity index (χ0n) is 9.65. The summed E-state index contributed by atoms with van der Waals surface area (Å²) in [6, 6.07) is 2.81. The van der Waals surface area contributed by atoms with Gasteiger partial charge < -0.3 is 10.6 Å². The second-order valence-electron chi connectivity index (χ2n) is 3.73. The molecule has 0 aliphatic rings. The minimum absolute atomic E-state index is 0.0105. The SMILES string of the molecule is O=C(CNCc1cc(F)ccc1F)NCC(F)(F)F. The molecule has 106 valence electrons. The third-order valence-electron chi connectivity index (χ3n) is 2.09. The Labute approximate surface area is 105 Å². The molecule has 0 fully saturated rings. The number of rotatable bonds is 5. The monoisotopic (exact) mass is 282 g/mol. The van der Waals surface area contributed by atoms with Gasteiger partial charge in [-0.1, -0.05) is 0 Å². The Hall–Kier alpha value is -1.70. The first-order valence-corrected chi connectivity index (χ1v) is 5.26. The Kier molecular flexibility index (Phi) is 5.22. The normalized spacial score (nSPS) is 11.4. The van der Waals surface area contributed by atoms with Crippen LogP contribution in [-0.4, -0.2) is 25.2 Å². The van der Waals surface area contributed by atoms with Gasteiger partial charge in [-0.2, -0.15) is 13.2 Å². The van der Waals surface area contributed by atoms with E-state index in [1.54, 1.807) is 5.32 Å². The first-order chi connectivity index (χ1) is 8.78. The van der Waals surface area contributed by atoms with E-state index in [2.05, 4.69) is 5.32 Å². The van der Waals surface area contributed by atoms with E-state index in [1.807, 2.05) is 0 Å². The molecule has 0 saturated carbocycles. The summed E-state index contributed by atoms with van der Waals surface area (Å²) in [5.41, 5.74) is -0.0105. The number of alkyl halides is 3. The maximum atomic E-state index is 13.1. The molecule has 1 aromatic rings. The maximum absolute atomic E-state index is 13.1. The van der Waals surface area contributed by atoms with Crippen molar-refractivity contribution in [3.63, 3.8) is 0 Å². The standard InChI is InChI=1S/C11H11F5N2O/c12-8-1-2-9(13)7(3-8)4-17-5-10(19)18-6-11(14,15)16/h1-3,17H,4-6H2,(H,18,19). The van der Waals surface area contributed by atoms with Gasteiger partial charge in [0.25, 0.3) is 0 Å². The number of halogens is 5. The van der Waals surface area contributed by atoms with Crippen LogP contribution in [0.2, 0.25) is 0 Å². The smallest absolute Gasteiger partial charge is 0.346 e. The number of benzene rings is 1. The van der Waals surface area contributed by atoms with Crippen LogP contribution in [0.4, 0.5) is 22.0 Å². The van der Waals surface area contributed by atoms with Crippen molar-refractivity contribution in [3.8, 4) is 0 Å². The first-order valence-electron chi connectivity index (χ1n) is 5.26. The summed E-state index contributed by atoms with van der Waals surface area (Å²) < 4.78 is 61.3. The molecule has 0 bridgehead atoms. The summed E-state index contributed by atoms with van der Waals surface area (Å²) in [4.78, 5) is 11.0. The zero-order chi connectivity index (χ0) is 14.5. The maximum Gasteiger partial charge on any atom is 0.405 e.